The monoisotopic (exact) mass is 908 g/mol. The van der Waals surface area contributed by atoms with Crippen molar-refractivity contribution in [2.45, 2.75) is 78.7 Å². The summed E-state index contributed by atoms with van der Waals surface area (Å²) in [5.41, 5.74) is 4.85. The first-order valence-corrected chi connectivity index (χ1v) is 21.8. The number of fused-ring (bicyclic) bond motifs is 4. The standard InChI is InChI=1S/C24H23BrN4O3.C24H22N4O2.CH4/c1-2-13-27-23(31)21-22(29(24(27)32)15-17-9-5-3-6-10-17)26-20(14-25)28(21)16-19(30)18-11-7-4-8-12-18;1-2-13-26-23(29)21-22(28(24(26)30)15-17-9-5-3-6-10-17)25-20-14-19(16-27(20)21)18-11-7-4-8-12-18;/h3-12H,2,13-16H2,1H3;3-12,14H,2,13,15-16H2,1H3;1H4. The van der Waals surface area contributed by atoms with Crippen molar-refractivity contribution in [2.24, 2.45) is 0 Å². The van der Waals surface area contributed by atoms with Gasteiger partial charge in [0.05, 0.1) is 31.5 Å². The highest BCUT2D eigenvalue weighted by atomic mass is 79.9. The van der Waals surface area contributed by atoms with Crippen LogP contribution in [0.1, 0.15) is 72.8 Å². The lowest BCUT2D eigenvalue weighted by Crippen LogP contribution is -2.41. The van der Waals surface area contributed by atoms with Crippen molar-refractivity contribution >= 4 is 55.7 Å². The van der Waals surface area contributed by atoms with E-state index in [-0.39, 0.29) is 43.1 Å². The number of ketones is 1. The number of rotatable bonds is 13. The third kappa shape index (κ3) is 8.76. The number of imidazole rings is 2. The molecule has 0 atom stereocenters. The Hall–Kier alpha value is -6.93. The van der Waals surface area contributed by atoms with Crippen molar-refractivity contribution < 1.29 is 4.79 Å². The third-order valence-corrected chi connectivity index (χ3v) is 11.4. The summed E-state index contributed by atoms with van der Waals surface area (Å²) in [6, 6.07) is 38.4. The van der Waals surface area contributed by atoms with Crippen molar-refractivity contribution in [3.05, 3.63) is 197 Å². The molecule has 13 nitrogen and oxygen atoms in total. The van der Waals surface area contributed by atoms with E-state index in [2.05, 4.69) is 33.0 Å². The largest absolute Gasteiger partial charge is 0.333 e. The first-order chi connectivity index (χ1) is 30.2. The quantitative estimate of drug-likeness (QED) is 0.0858. The van der Waals surface area contributed by atoms with Gasteiger partial charge in [-0.05, 0) is 41.2 Å². The molecular weight excluding hydrogens is 860 g/mol. The van der Waals surface area contributed by atoms with Gasteiger partial charge in [0.15, 0.2) is 28.1 Å². The molecule has 0 saturated carbocycles. The predicted molar refractivity (Wildman–Crippen MR) is 253 cm³/mol. The molecule has 1 aliphatic rings. The number of hydrogen-bond acceptors (Lipinski definition) is 7. The van der Waals surface area contributed by atoms with Crippen molar-refractivity contribution in [3.63, 3.8) is 0 Å². The molecule has 0 unspecified atom stereocenters. The molecule has 8 aromatic rings. The summed E-state index contributed by atoms with van der Waals surface area (Å²) in [6.07, 6.45) is 3.35. The predicted octanol–water partition coefficient (Wildman–Crippen LogP) is 7.60. The summed E-state index contributed by atoms with van der Waals surface area (Å²) in [6.45, 7) is 5.77. The summed E-state index contributed by atoms with van der Waals surface area (Å²) in [4.78, 5) is 75.4. The van der Waals surface area contributed by atoms with E-state index in [1.165, 1.54) is 13.7 Å². The Bertz CT molecular complexity index is 3180. The zero-order valence-electron chi connectivity index (χ0n) is 34.5. The maximum Gasteiger partial charge on any atom is 0.333 e. The van der Waals surface area contributed by atoms with Crippen LogP contribution in [0, 0.1) is 0 Å². The SMILES string of the molecule is C.CCCn1c(=O)c2c(nc(CBr)n2CC(=O)c2ccccc2)n(Cc2ccccc2)c1=O.CCCn1c(=O)c2c(nc3n2CC(c2ccccc2)=C3)n(Cc2ccccc2)c1=O. The minimum absolute atomic E-state index is 0. The number of hydrogen-bond donors (Lipinski definition) is 0. The molecule has 322 valence electrons. The van der Waals surface area contributed by atoms with Crippen LogP contribution in [0.2, 0.25) is 0 Å². The van der Waals surface area contributed by atoms with Crippen LogP contribution in [0.15, 0.2) is 141 Å². The van der Waals surface area contributed by atoms with E-state index in [1.807, 2.05) is 109 Å². The van der Waals surface area contributed by atoms with Gasteiger partial charge in [0.1, 0.15) is 11.6 Å². The Morgan fingerprint density at radius 1 is 0.603 bits per heavy atom. The number of aromatic nitrogens is 8. The summed E-state index contributed by atoms with van der Waals surface area (Å²) in [7, 11) is 0. The van der Waals surface area contributed by atoms with Crippen molar-refractivity contribution in [1.29, 1.82) is 0 Å². The minimum Gasteiger partial charge on any atom is -0.314 e. The lowest BCUT2D eigenvalue weighted by molar-refractivity contribution is 0.0972. The van der Waals surface area contributed by atoms with Gasteiger partial charge in [-0.3, -0.25) is 32.7 Å². The first-order valence-electron chi connectivity index (χ1n) is 20.7. The molecule has 0 fully saturated rings. The molecule has 0 radical (unpaired) electrons. The van der Waals surface area contributed by atoms with E-state index >= 15 is 0 Å². The van der Waals surface area contributed by atoms with Gasteiger partial charge in [-0.15, -0.1) is 0 Å². The highest BCUT2D eigenvalue weighted by molar-refractivity contribution is 9.08. The van der Waals surface area contributed by atoms with Crippen LogP contribution in [0.25, 0.3) is 34.0 Å². The minimum atomic E-state index is -0.420. The Labute approximate surface area is 372 Å². The fourth-order valence-corrected chi connectivity index (χ4v) is 8.33. The number of allylic oxidation sites excluding steroid dienone is 1. The number of alkyl halides is 1. The first kappa shape index (κ1) is 44.1. The van der Waals surface area contributed by atoms with E-state index in [9.17, 15) is 24.0 Å². The van der Waals surface area contributed by atoms with Crippen LogP contribution in [0.4, 0.5) is 0 Å². The molecule has 4 aromatic heterocycles. The van der Waals surface area contributed by atoms with E-state index in [1.54, 1.807) is 33.4 Å². The van der Waals surface area contributed by atoms with Gasteiger partial charge in [0.2, 0.25) is 0 Å². The Morgan fingerprint density at radius 2 is 1.08 bits per heavy atom. The molecule has 63 heavy (non-hydrogen) atoms. The second kappa shape index (κ2) is 19.4. The molecule has 4 aromatic carbocycles. The molecule has 0 bridgehead atoms. The maximum absolute atomic E-state index is 13.4. The summed E-state index contributed by atoms with van der Waals surface area (Å²) in [5.74, 6) is 1.11. The highest BCUT2D eigenvalue weighted by Crippen LogP contribution is 2.29. The summed E-state index contributed by atoms with van der Waals surface area (Å²) in [5, 5.41) is 0.344. The topological polar surface area (TPSA) is 141 Å². The van der Waals surface area contributed by atoms with Gasteiger partial charge in [0.25, 0.3) is 11.1 Å². The van der Waals surface area contributed by atoms with Crippen LogP contribution in [-0.2, 0) is 44.6 Å². The van der Waals surface area contributed by atoms with Crippen LogP contribution in [0.3, 0.4) is 0 Å². The molecule has 0 N–H and O–H groups in total. The van der Waals surface area contributed by atoms with Gasteiger partial charge in [-0.1, -0.05) is 159 Å². The average molecular weight is 910 g/mol. The van der Waals surface area contributed by atoms with E-state index in [0.717, 1.165) is 28.1 Å². The van der Waals surface area contributed by atoms with Gasteiger partial charge in [-0.25, -0.2) is 19.6 Å². The lowest BCUT2D eigenvalue weighted by Gasteiger charge is -2.12. The van der Waals surface area contributed by atoms with E-state index < -0.39 is 11.2 Å². The van der Waals surface area contributed by atoms with Crippen molar-refractivity contribution in [2.75, 3.05) is 0 Å². The summed E-state index contributed by atoms with van der Waals surface area (Å²) < 4.78 is 9.32. The molecule has 1 aliphatic heterocycles. The van der Waals surface area contributed by atoms with Crippen molar-refractivity contribution in [1.82, 2.24) is 37.4 Å². The van der Waals surface area contributed by atoms with Crippen LogP contribution in [-0.4, -0.2) is 43.2 Å². The zero-order valence-corrected chi connectivity index (χ0v) is 36.1. The van der Waals surface area contributed by atoms with E-state index in [0.29, 0.717) is 72.5 Å². The molecule has 0 saturated heterocycles. The lowest BCUT2D eigenvalue weighted by atomic mass is 10.1. The zero-order chi connectivity index (χ0) is 43.3. The van der Waals surface area contributed by atoms with Gasteiger partial charge >= 0.3 is 11.4 Å². The second-order valence-corrected chi connectivity index (χ2v) is 15.7. The molecular formula is C49H49BrN8O5. The van der Waals surface area contributed by atoms with Crippen LogP contribution in [0.5, 0.6) is 0 Å². The van der Waals surface area contributed by atoms with Crippen LogP contribution < -0.4 is 22.5 Å². The number of carbonyl (C=O) groups excluding carboxylic acids is 1. The molecule has 9 rings (SSSR count). The smallest absolute Gasteiger partial charge is 0.314 e. The normalized spacial score (nSPS) is 11.8. The Balaban J connectivity index is 0.000000186. The van der Waals surface area contributed by atoms with Gasteiger partial charge in [0, 0.05) is 18.7 Å². The van der Waals surface area contributed by atoms with Crippen molar-refractivity contribution in [3.8, 4) is 0 Å². The maximum atomic E-state index is 13.4. The van der Waals surface area contributed by atoms with Gasteiger partial charge in [-0.2, -0.15) is 0 Å². The van der Waals surface area contributed by atoms with Crippen LogP contribution >= 0.6 is 15.9 Å². The number of carbonyl (C=O) groups is 1. The molecule has 0 amide bonds. The molecule has 0 spiro atoms. The van der Waals surface area contributed by atoms with E-state index in [4.69, 9.17) is 4.98 Å². The summed E-state index contributed by atoms with van der Waals surface area (Å²) >= 11 is 3.43. The number of Topliss-reactive ketones (excluding diaryl/α,β-unsaturated/α-hetero) is 1. The Morgan fingerprint density at radius 3 is 1.59 bits per heavy atom. The third-order valence-electron chi connectivity index (χ3n) is 10.9. The number of benzene rings is 4. The second-order valence-electron chi connectivity index (χ2n) is 15.1. The number of halogens is 1. The fourth-order valence-electron chi connectivity index (χ4n) is 7.90. The van der Waals surface area contributed by atoms with Gasteiger partial charge < -0.3 is 9.13 Å². The average Bonchev–Trinajstić information content (AvgIpc) is 4.00. The molecule has 14 heteroatoms. The molecule has 0 aliphatic carbocycles. The highest BCUT2D eigenvalue weighted by Gasteiger charge is 2.26. The number of nitrogens with zero attached hydrogens (tertiary/aromatic N) is 8. The molecule has 5 heterocycles. The Kier molecular flexibility index (Phi) is 13.6. The fraction of sp³-hybridized carbons (Fsp3) is 0.245.